The Morgan fingerprint density at radius 3 is 2.18 bits per heavy atom. The number of allylic oxidation sites excluding steroid dienone is 1. The highest BCUT2D eigenvalue weighted by atomic mass is 16.5. The Kier molecular flexibility index (Phi) is 9.33. The molecule has 4 N–H and O–H groups in total. The number of aliphatic imine (C=N–C) groups is 1. The molecule has 2 aromatic heterocycles. The lowest BCUT2D eigenvalue weighted by Gasteiger charge is -2.36. The monoisotopic (exact) mass is 607 g/mol. The molecule has 0 bridgehead atoms. The van der Waals surface area contributed by atoms with Crippen molar-refractivity contribution in [2.24, 2.45) is 10.7 Å². The molecule has 0 spiro atoms. The van der Waals surface area contributed by atoms with Crippen molar-refractivity contribution in [3.8, 4) is 11.4 Å². The van der Waals surface area contributed by atoms with Crippen molar-refractivity contribution in [3.63, 3.8) is 0 Å². The lowest BCUT2D eigenvalue weighted by molar-refractivity contribution is -0.00538. The molecule has 5 rings (SSSR count). The van der Waals surface area contributed by atoms with Gasteiger partial charge in [-0.25, -0.2) is 14.8 Å². The standard InChI is InChI=1S/C33H37N9O3/c1-20-18-42(19-21(2)45-20)31-29-28(14-24(17-36-29)25(15-34)16-35-3)39-30(40-31)22-6-10-26(11-7-22)37-33(44)38-27-12-8-23(9-13-27)32(43)41(4)5/h6-17,20-21H,18-19,34H2,1-5H3,(H2,37,38,44). The van der Waals surface area contributed by atoms with E-state index in [1.165, 1.54) is 11.1 Å². The molecule has 4 aromatic rings. The highest BCUT2D eigenvalue weighted by Gasteiger charge is 2.26. The minimum Gasteiger partial charge on any atom is -0.404 e. The van der Waals surface area contributed by atoms with Gasteiger partial charge in [0.15, 0.2) is 11.6 Å². The van der Waals surface area contributed by atoms with E-state index < -0.39 is 6.03 Å². The number of hydrogen-bond acceptors (Lipinski definition) is 9. The van der Waals surface area contributed by atoms with Gasteiger partial charge in [-0.05, 0) is 68.4 Å². The van der Waals surface area contributed by atoms with E-state index in [0.717, 1.165) is 22.5 Å². The average molecular weight is 608 g/mol. The van der Waals surface area contributed by atoms with Crippen LogP contribution in [0.4, 0.5) is 22.0 Å². The van der Waals surface area contributed by atoms with Gasteiger partial charge in [-0.3, -0.25) is 14.8 Å². The van der Waals surface area contributed by atoms with Crippen molar-refractivity contribution >= 4 is 52.0 Å². The molecule has 12 heteroatoms. The minimum atomic E-state index is -0.410. The van der Waals surface area contributed by atoms with Crippen LogP contribution >= 0.6 is 0 Å². The molecule has 1 aliphatic heterocycles. The number of rotatable bonds is 7. The van der Waals surface area contributed by atoms with Gasteiger partial charge in [-0.2, -0.15) is 0 Å². The van der Waals surface area contributed by atoms with E-state index in [4.69, 9.17) is 25.4 Å². The van der Waals surface area contributed by atoms with E-state index in [1.54, 1.807) is 70.0 Å². The number of carbonyl (C=O) groups excluding carboxylic acids is 2. The molecule has 0 aliphatic carbocycles. The molecule has 232 valence electrons. The summed E-state index contributed by atoms with van der Waals surface area (Å²) in [5.74, 6) is 1.14. The van der Waals surface area contributed by atoms with Gasteiger partial charge in [-0.1, -0.05) is 0 Å². The van der Waals surface area contributed by atoms with Crippen molar-refractivity contribution in [3.05, 3.63) is 78.1 Å². The van der Waals surface area contributed by atoms with Gasteiger partial charge < -0.3 is 30.9 Å². The summed E-state index contributed by atoms with van der Waals surface area (Å²) in [5.41, 5.74) is 11.2. The van der Waals surface area contributed by atoms with E-state index in [2.05, 4.69) is 20.5 Å². The maximum absolute atomic E-state index is 12.7. The number of ether oxygens (including phenoxy) is 1. The number of fused-ring (bicyclic) bond motifs is 1. The van der Waals surface area contributed by atoms with Crippen LogP contribution in [0.2, 0.25) is 0 Å². The molecule has 3 heterocycles. The van der Waals surface area contributed by atoms with Crippen LogP contribution in [0.15, 0.2) is 72.0 Å². The summed E-state index contributed by atoms with van der Waals surface area (Å²) in [5, 5.41) is 5.62. The Balaban J connectivity index is 1.40. The average Bonchev–Trinajstić information content (AvgIpc) is 3.02. The van der Waals surface area contributed by atoms with Crippen LogP contribution < -0.4 is 21.3 Å². The second kappa shape index (κ2) is 13.5. The van der Waals surface area contributed by atoms with Gasteiger partial charge in [0, 0.05) is 86.5 Å². The van der Waals surface area contributed by atoms with Crippen molar-refractivity contribution in [1.29, 1.82) is 0 Å². The number of benzene rings is 2. The van der Waals surface area contributed by atoms with Gasteiger partial charge in [0.25, 0.3) is 5.91 Å². The second-order valence-corrected chi connectivity index (χ2v) is 11.1. The first-order valence-corrected chi connectivity index (χ1v) is 14.6. The Morgan fingerprint density at radius 1 is 0.978 bits per heavy atom. The molecule has 1 aliphatic rings. The number of anilines is 3. The molecule has 0 saturated carbocycles. The van der Waals surface area contributed by atoms with E-state index in [0.29, 0.717) is 46.9 Å². The number of urea groups is 1. The number of nitrogens with zero attached hydrogens (tertiary/aromatic N) is 6. The summed E-state index contributed by atoms with van der Waals surface area (Å²) in [6.45, 7) is 5.43. The van der Waals surface area contributed by atoms with E-state index in [1.807, 2.05) is 32.0 Å². The zero-order valence-corrected chi connectivity index (χ0v) is 26.0. The number of hydrogen-bond donors (Lipinski definition) is 3. The first kappa shape index (κ1) is 31.1. The van der Waals surface area contributed by atoms with Gasteiger partial charge in [-0.15, -0.1) is 0 Å². The van der Waals surface area contributed by atoms with Crippen molar-refractivity contribution in [2.75, 3.05) is 49.8 Å². The molecule has 2 atom stereocenters. The largest absolute Gasteiger partial charge is 0.404 e. The summed E-state index contributed by atoms with van der Waals surface area (Å²) in [6.07, 6.45) is 4.99. The van der Waals surface area contributed by atoms with Crippen LogP contribution in [0.3, 0.4) is 0 Å². The molecule has 2 unspecified atom stereocenters. The molecular formula is C33H37N9O3. The molecule has 3 amide bonds. The van der Waals surface area contributed by atoms with Gasteiger partial charge in [0.1, 0.15) is 5.52 Å². The molecule has 12 nitrogen and oxygen atoms in total. The van der Waals surface area contributed by atoms with Crippen LogP contribution in [-0.4, -0.2) is 84.4 Å². The third-order valence-electron chi connectivity index (χ3n) is 7.21. The highest BCUT2D eigenvalue weighted by Crippen LogP contribution is 2.30. The first-order valence-electron chi connectivity index (χ1n) is 14.6. The third kappa shape index (κ3) is 7.24. The number of morpholine rings is 1. The van der Waals surface area contributed by atoms with Gasteiger partial charge in [0.05, 0.1) is 17.7 Å². The highest BCUT2D eigenvalue weighted by molar-refractivity contribution is 6.10. The smallest absolute Gasteiger partial charge is 0.323 e. The van der Waals surface area contributed by atoms with E-state index in [9.17, 15) is 9.59 Å². The lowest BCUT2D eigenvalue weighted by atomic mass is 10.1. The summed E-state index contributed by atoms with van der Waals surface area (Å²) in [7, 11) is 5.07. The summed E-state index contributed by atoms with van der Waals surface area (Å²) < 4.78 is 5.97. The molecule has 2 aromatic carbocycles. The van der Waals surface area contributed by atoms with Crippen molar-refractivity contribution in [1.82, 2.24) is 19.9 Å². The molecule has 0 radical (unpaired) electrons. The lowest BCUT2D eigenvalue weighted by Crippen LogP contribution is -2.46. The summed E-state index contributed by atoms with van der Waals surface area (Å²) >= 11 is 0. The van der Waals surface area contributed by atoms with Gasteiger partial charge >= 0.3 is 6.03 Å². The van der Waals surface area contributed by atoms with Crippen LogP contribution in [-0.2, 0) is 4.74 Å². The van der Waals surface area contributed by atoms with Gasteiger partial charge in [0.2, 0.25) is 0 Å². The molecule has 45 heavy (non-hydrogen) atoms. The predicted molar refractivity (Wildman–Crippen MR) is 179 cm³/mol. The van der Waals surface area contributed by atoms with Crippen LogP contribution in [0.5, 0.6) is 0 Å². The van der Waals surface area contributed by atoms with Crippen molar-refractivity contribution in [2.45, 2.75) is 26.1 Å². The summed E-state index contributed by atoms with van der Waals surface area (Å²) in [4.78, 5) is 47.2. The van der Waals surface area contributed by atoms with E-state index >= 15 is 0 Å². The first-order chi connectivity index (χ1) is 21.6. The normalized spacial score (nSPS) is 17.0. The number of pyridine rings is 1. The topological polar surface area (TPSA) is 151 Å². The van der Waals surface area contributed by atoms with Crippen LogP contribution in [0.1, 0.15) is 29.8 Å². The number of nitrogens with two attached hydrogens (primary N) is 1. The fraction of sp³-hybridized carbons (Fsp3) is 0.273. The Hall–Kier alpha value is -5.36. The zero-order valence-electron chi connectivity index (χ0n) is 26.0. The number of nitrogens with one attached hydrogen (secondary N) is 2. The Bertz CT molecular complexity index is 1740. The third-order valence-corrected chi connectivity index (χ3v) is 7.21. The number of aromatic nitrogens is 3. The number of amides is 3. The second-order valence-electron chi connectivity index (χ2n) is 11.1. The van der Waals surface area contributed by atoms with E-state index in [-0.39, 0.29) is 18.1 Å². The molecule has 1 fully saturated rings. The Labute approximate surface area is 262 Å². The van der Waals surface area contributed by atoms with Crippen LogP contribution in [0, 0.1) is 0 Å². The molecule has 1 saturated heterocycles. The fourth-order valence-corrected chi connectivity index (χ4v) is 5.16. The number of carbonyl (C=O) groups is 2. The summed E-state index contributed by atoms with van der Waals surface area (Å²) in [6, 6.07) is 15.6. The maximum Gasteiger partial charge on any atom is 0.323 e. The maximum atomic E-state index is 12.7. The van der Waals surface area contributed by atoms with Crippen LogP contribution in [0.25, 0.3) is 28.0 Å². The van der Waals surface area contributed by atoms with Crippen molar-refractivity contribution < 1.29 is 14.3 Å². The minimum absolute atomic E-state index is 0.0315. The molecular weight excluding hydrogens is 570 g/mol. The predicted octanol–water partition coefficient (Wildman–Crippen LogP) is 4.65. The quantitative estimate of drug-likeness (QED) is 0.257. The SMILES string of the molecule is CN=CC(=CN)c1cnc2c(N3CC(C)OC(C)C3)nc(-c3ccc(NC(=O)Nc4ccc(C(=O)N(C)C)cc4)cc3)nc2c1. The zero-order chi connectivity index (χ0) is 32.1. The fourth-order valence-electron chi connectivity index (χ4n) is 5.16. The Morgan fingerprint density at radius 2 is 1.60 bits per heavy atom.